The van der Waals surface area contributed by atoms with Crippen molar-refractivity contribution in [1.82, 2.24) is 19.8 Å². The Labute approximate surface area is 150 Å². The van der Waals surface area contributed by atoms with Gasteiger partial charge in [0, 0.05) is 31.2 Å². The van der Waals surface area contributed by atoms with Gasteiger partial charge >= 0.3 is 0 Å². The Balaban J connectivity index is 1.54. The van der Waals surface area contributed by atoms with Crippen LogP contribution in [0.3, 0.4) is 0 Å². The van der Waals surface area contributed by atoms with Crippen LogP contribution < -0.4 is 5.73 Å². The van der Waals surface area contributed by atoms with Gasteiger partial charge in [-0.25, -0.2) is 9.97 Å². The summed E-state index contributed by atoms with van der Waals surface area (Å²) in [6.07, 6.45) is 6.08. The van der Waals surface area contributed by atoms with Crippen molar-refractivity contribution in [2.45, 2.75) is 52.1 Å². The molecule has 0 unspecified atom stereocenters. The van der Waals surface area contributed by atoms with Gasteiger partial charge in [0.1, 0.15) is 11.6 Å². The largest absolute Gasteiger partial charge is 0.384 e. The zero-order valence-corrected chi connectivity index (χ0v) is 15.7. The van der Waals surface area contributed by atoms with E-state index in [0.717, 1.165) is 38.2 Å². The highest BCUT2D eigenvalue weighted by Crippen LogP contribution is 2.34. The molecule has 138 valence electrons. The van der Waals surface area contributed by atoms with Crippen LogP contribution in [0.5, 0.6) is 0 Å². The summed E-state index contributed by atoms with van der Waals surface area (Å²) < 4.78 is 0. The third-order valence-electron chi connectivity index (χ3n) is 5.74. The first-order valence-electron chi connectivity index (χ1n) is 9.48. The molecule has 1 saturated carbocycles. The predicted octanol–water partition coefficient (Wildman–Crippen LogP) is 2.16. The van der Waals surface area contributed by atoms with E-state index in [1.54, 1.807) is 12.3 Å². The number of nitrogens with zero attached hydrogens (tertiary/aromatic N) is 4. The highest BCUT2D eigenvalue weighted by Gasteiger charge is 2.35. The molecule has 25 heavy (non-hydrogen) atoms. The van der Waals surface area contributed by atoms with Crippen LogP contribution >= 0.6 is 0 Å². The SMILES string of the molecule is C[C@H]1CC(C(=O)N2CC[C@@H](N(C)Cc3nccc(N)n3)C2)C[C@H](C)C1. The number of anilines is 1. The number of likely N-dealkylation sites (N-methyl/N-ethyl adjacent to an activating group) is 1. The lowest BCUT2D eigenvalue weighted by atomic mass is 9.76. The monoisotopic (exact) mass is 345 g/mol. The molecule has 0 aromatic carbocycles. The topological polar surface area (TPSA) is 75.4 Å². The number of rotatable bonds is 4. The van der Waals surface area contributed by atoms with Crippen LogP contribution in [0.2, 0.25) is 0 Å². The summed E-state index contributed by atoms with van der Waals surface area (Å²) in [6, 6.07) is 2.07. The van der Waals surface area contributed by atoms with E-state index in [4.69, 9.17) is 5.73 Å². The summed E-state index contributed by atoms with van der Waals surface area (Å²) in [5, 5.41) is 0. The van der Waals surface area contributed by atoms with Gasteiger partial charge in [0.05, 0.1) is 6.54 Å². The third kappa shape index (κ3) is 4.48. The molecule has 2 aliphatic rings. The van der Waals surface area contributed by atoms with Gasteiger partial charge in [-0.15, -0.1) is 0 Å². The molecule has 2 fully saturated rings. The Kier molecular flexibility index (Phi) is 5.57. The molecule has 0 bridgehead atoms. The van der Waals surface area contributed by atoms with E-state index < -0.39 is 0 Å². The Morgan fingerprint density at radius 1 is 1.32 bits per heavy atom. The molecule has 0 spiro atoms. The van der Waals surface area contributed by atoms with Gasteiger partial charge in [-0.05, 0) is 50.6 Å². The normalized spacial score (nSPS) is 30.0. The molecule has 6 heteroatoms. The number of likely N-dealkylation sites (tertiary alicyclic amines) is 1. The number of carbonyl (C=O) groups excluding carboxylic acids is 1. The van der Waals surface area contributed by atoms with Gasteiger partial charge in [0.2, 0.25) is 5.91 Å². The summed E-state index contributed by atoms with van der Waals surface area (Å²) in [4.78, 5) is 25.8. The minimum absolute atomic E-state index is 0.222. The van der Waals surface area contributed by atoms with Crippen LogP contribution in [0.4, 0.5) is 5.82 Å². The molecule has 0 radical (unpaired) electrons. The summed E-state index contributed by atoms with van der Waals surface area (Å²) in [7, 11) is 2.08. The maximum atomic E-state index is 12.9. The summed E-state index contributed by atoms with van der Waals surface area (Å²) >= 11 is 0. The molecule has 3 rings (SSSR count). The molecular formula is C19H31N5O. The van der Waals surface area contributed by atoms with Gasteiger partial charge in [0.25, 0.3) is 0 Å². The summed E-state index contributed by atoms with van der Waals surface area (Å²) in [5.41, 5.74) is 5.73. The van der Waals surface area contributed by atoms with Crippen molar-refractivity contribution in [3.8, 4) is 0 Å². The lowest BCUT2D eigenvalue weighted by Crippen LogP contribution is -2.40. The van der Waals surface area contributed by atoms with Crippen LogP contribution in [0.15, 0.2) is 12.3 Å². The first-order valence-corrected chi connectivity index (χ1v) is 9.48. The molecule has 1 aliphatic carbocycles. The van der Waals surface area contributed by atoms with Crippen molar-refractivity contribution in [3.05, 3.63) is 18.1 Å². The molecule has 3 atom stereocenters. The average Bonchev–Trinajstić information content (AvgIpc) is 3.03. The lowest BCUT2D eigenvalue weighted by Gasteiger charge is -2.33. The van der Waals surface area contributed by atoms with Gasteiger partial charge < -0.3 is 10.6 Å². The fourth-order valence-electron chi connectivity index (χ4n) is 4.55. The number of carbonyl (C=O) groups is 1. The van der Waals surface area contributed by atoms with E-state index in [-0.39, 0.29) is 5.92 Å². The van der Waals surface area contributed by atoms with Crippen LogP contribution in [-0.4, -0.2) is 51.9 Å². The number of nitrogens with two attached hydrogens (primary N) is 1. The van der Waals surface area contributed by atoms with Crippen LogP contribution in [0.1, 0.15) is 45.4 Å². The number of hydrogen-bond donors (Lipinski definition) is 1. The molecule has 1 aromatic rings. The van der Waals surface area contributed by atoms with Gasteiger partial charge in [-0.1, -0.05) is 13.8 Å². The van der Waals surface area contributed by atoms with Crippen molar-refractivity contribution >= 4 is 11.7 Å². The molecule has 1 aliphatic heterocycles. The predicted molar refractivity (Wildman–Crippen MR) is 98.6 cm³/mol. The van der Waals surface area contributed by atoms with E-state index in [0.29, 0.717) is 36.1 Å². The van der Waals surface area contributed by atoms with E-state index in [2.05, 4.69) is 40.7 Å². The van der Waals surface area contributed by atoms with Gasteiger partial charge in [0.15, 0.2) is 0 Å². The fraction of sp³-hybridized carbons (Fsp3) is 0.737. The molecule has 1 amide bonds. The fourth-order valence-corrected chi connectivity index (χ4v) is 4.55. The van der Waals surface area contributed by atoms with Gasteiger partial charge in [-0.3, -0.25) is 9.69 Å². The van der Waals surface area contributed by atoms with Crippen LogP contribution in [-0.2, 0) is 11.3 Å². The minimum atomic E-state index is 0.222. The highest BCUT2D eigenvalue weighted by atomic mass is 16.2. The second kappa shape index (κ2) is 7.68. The second-order valence-corrected chi connectivity index (χ2v) is 8.15. The average molecular weight is 345 g/mol. The second-order valence-electron chi connectivity index (χ2n) is 8.15. The van der Waals surface area contributed by atoms with Crippen molar-refractivity contribution in [1.29, 1.82) is 0 Å². The lowest BCUT2D eigenvalue weighted by molar-refractivity contribution is -0.136. The standard InChI is InChI=1S/C19H31N5O/c1-13-8-14(2)10-15(9-13)19(25)24-7-5-16(11-24)23(3)12-18-21-6-4-17(20)22-18/h4,6,13-16H,5,7-12H2,1-3H3,(H2,20,21,22)/t13-,14-,16-/m1/s1. The Hall–Kier alpha value is -1.69. The Morgan fingerprint density at radius 3 is 2.72 bits per heavy atom. The molecular weight excluding hydrogens is 314 g/mol. The first kappa shape index (κ1) is 18.1. The number of nitrogen functional groups attached to an aromatic ring is 1. The molecule has 6 nitrogen and oxygen atoms in total. The third-order valence-corrected chi connectivity index (χ3v) is 5.74. The van der Waals surface area contributed by atoms with E-state index >= 15 is 0 Å². The van der Waals surface area contributed by atoms with Crippen molar-refractivity contribution < 1.29 is 4.79 Å². The maximum absolute atomic E-state index is 12.9. The van der Waals surface area contributed by atoms with Crippen LogP contribution in [0, 0.1) is 17.8 Å². The van der Waals surface area contributed by atoms with E-state index in [1.165, 1.54) is 6.42 Å². The minimum Gasteiger partial charge on any atom is -0.384 e. The molecule has 1 aromatic heterocycles. The number of aromatic nitrogens is 2. The summed E-state index contributed by atoms with van der Waals surface area (Å²) in [5.74, 6) is 3.16. The molecule has 2 heterocycles. The Morgan fingerprint density at radius 2 is 2.04 bits per heavy atom. The molecule has 2 N–H and O–H groups in total. The molecule has 1 saturated heterocycles. The summed E-state index contributed by atoms with van der Waals surface area (Å²) in [6.45, 7) is 6.90. The zero-order valence-electron chi connectivity index (χ0n) is 15.7. The van der Waals surface area contributed by atoms with E-state index in [1.807, 2.05) is 0 Å². The van der Waals surface area contributed by atoms with Gasteiger partial charge in [-0.2, -0.15) is 0 Å². The smallest absolute Gasteiger partial charge is 0.225 e. The zero-order chi connectivity index (χ0) is 18.0. The number of hydrogen-bond acceptors (Lipinski definition) is 5. The Bertz CT molecular complexity index is 597. The van der Waals surface area contributed by atoms with Crippen molar-refractivity contribution in [2.24, 2.45) is 17.8 Å². The number of amides is 1. The highest BCUT2D eigenvalue weighted by molar-refractivity contribution is 5.79. The van der Waals surface area contributed by atoms with Crippen molar-refractivity contribution in [2.75, 3.05) is 25.9 Å². The van der Waals surface area contributed by atoms with Crippen LogP contribution in [0.25, 0.3) is 0 Å². The first-order chi connectivity index (χ1) is 11.9. The van der Waals surface area contributed by atoms with E-state index in [9.17, 15) is 4.79 Å². The van der Waals surface area contributed by atoms with Crippen molar-refractivity contribution in [3.63, 3.8) is 0 Å². The quantitative estimate of drug-likeness (QED) is 0.905. The maximum Gasteiger partial charge on any atom is 0.225 e.